The zero-order valence-electron chi connectivity index (χ0n) is 32.9. The second kappa shape index (κ2) is 15.1. The SMILES string of the molecule is c1ccc(-c2cccc(-c3ccc(N(c4cc(-c5ccccc5)cc(-c5ccccc5)c4)c4ccccc4-c4cccc5oc6c7ccccc7ccc6c45)cc3)c2)cc1. The Morgan fingerprint density at radius 3 is 1.50 bits per heavy atom. The summed E-state index contributed by atoms with van der Waals surface area (Å²) in [4.78, 5) is 2.43. The van der Waals surface area contributed by atoms with Crippen LogP contribution in [0, 0.1) is 0 Å². The maximum absolute atomic E-state index is 6.71. The highest BCUT2D eigenvalue weighted by Gasteiger charge is 2.22. The molecule has 11 aromatic rings. The zero-order chi connectivity index (χ0) is 39.8. The average molecular weight is 766 g/mol. The number of benzene rings is 10. The molecule has 0 spiro atoms. The van der Waals surface area contributed by atoms with Gasteiger partial charge in [0, 0.05) is 33.1 Å². The molecule has 0 radical (unpaired) electrons. The van der Waals surface area contributed by atoms with Crippen molar-refractivity contribution in [1.29, 1.82) is 0 Å². The summed E-state index contributed by atoms with van der Waals surface area (Å²) >= 11 is 0. The number of hydrogen-bond acceptors (Lipinski definition) is 2. The fourth-order valence-corrected chi connectivity index (χ4v) is 8.75. The summed E-state index contributed by atoms with van der Waals surface area (Å²) in [6.07, 6.45) is 0. The molecule has 0 saturated heterocycles. The second-order valence-electron chi connectivity index (χ2n) is 15.3. The highest BCUT2D eigenvalue weighted by molar-refractivity contribution is 6.19. The molecule has 0 fully saturated rings. The first-order valence-electron chi connectivity index (χ1n) is 20.5. The molecule has 0 aliphatic carbocycles. The van der Waals surface area contributed by atoms with Gasteiger partial charge in [0.25, 0.3) is 0 Å². The lowest BCUT2D eigenvalue weighted by molar-refractivity contribution is 0.673. The molecule has 1 aromatic heterocycles. The topological polar surface area (TPSA) is 16.4 Å². The molecule has 11 rings (SSSR count). The van der Waals surface area contributed by atoms with Gasteiger partial charge in [-0.25, -0.2) is 0 Å². The van der Waals surface area contributed by atoms with Crippen molar-refractivity contribution in [2.45, 2.75) is 0 Å². The van der Waals surface area contributed by atoms with Crippen LogP contribution in [-0.2, 0) is 0 Å². The minimum absolute atomic E-state index is 0.875. The summed E-state index contributed by atoms with van der Waals surface area (Å²) < 4.78 is 6.71. The molecule has 2 nitrogen and oxygen atoms in total. The molecular formula is C58H39NO. The summed E-state index contributed by atoms with van der Waals surface area (Å²) in [6, 6.07) is 84.9. The minimum atomic E-state index is 0.875. The number of rotatable bonds is 8. The molecular weight excluding hydrogens is 727 g/mol. The lowest BCUT2D eigenvalue weighted by Crippen LogP contribution is -2.11. The Morgan fingerprint density at radius 2 is 0.817 bits per heavy atom. The van der Waals surface area contributed by atoms with Crippen molar-refractivity contribution in [3.8, 4) is 55.6 Å². The van der Waals surface area contributed by atoms with E-state index in [2.05, 4.69) is 241 Å². The van der Waals surface area contributed by atoms with Crippen molar-refractivity contribution in [1.82, 2.24) is 0 Å². The Bertz CT molecular complexity index is 3240. The van der Waals surface area contributed by atoms with Gasteiger partial charge in [0.05, 0.1) is 5.69 Å². The first-order valence-corrected chi connectivity index (χ1v) is 20.5. The molecule has 0 amide bonds. The molecule has 282 valence electrons. The molecule has 2 heteroatoms. The quantitative estimate of drug-likeness (QED) is 0.153. The second-order valence-corrected chi connectivity index (χ2v) is 15.3. The molecule has 0 saturated carbocycles. The zero-order valence-corrected chi connectivity index (χ0v) is 32.9. The van der Waals surface area contributed by atoms with E-state index < -0.39 is 0 Å². The molecule has 1 heterocycles. The van der Waals surface area contributed by atoms with Gasteiger partial charge in [0.1, 0.15) is 11.2 Å². The van der Waals surface area contributed by atoms with E-state index in [0.29, 0.717) is 0 Å². The van der Waals surface area contributed by atoms with E-state index >= 15 is 0 Å². The Morgan fingerprint density at radius 1 is 0.300 bits per heavy atom. The molecule has 10 aromatic carbocycles. The van der Waals surface area contributed by atoms with Crippen molar-refractivity contribution >= 4 is 49.8 Å². The minimum Gasteiger partial charge on any atom is -0.455 e. The first kappa shape index (κ1) is 35.2. The van der Waals surface area contributed by atoms with Gasteiger partial charge >= 0.3 is 0 Å². The van der Waals surface area contributed by atoms with Gasteiger partial charge in [0.15, 0.2) is 0 Å². The predicted octanol–water partition coefficient (Wildman–Crippen LogP) is 16.5. The van der Waals surface area contributed by atoms with E-state index in [9.17, 15) is 0 Å². The van der Waals surface area contributed by atoms with Gasteiger partial charge in [-0.05, 0) is 110 Å². The average Bonchev–Trinajstić information content (AvgIpc) is 3.73. The van der Waals surface area contributed by atoms with Gasteiger partial charge in [-0.15, -0.1) is 0 Å². The lowest BCUT2D eigenvalue weighted by atomic mass is 9.94. The number of anilines is 3. The largest absolute Gasteiger partial charge is 0.455 e. The maximum atomic E-state index is 6.71. The normalized spacial score (nSPS) is 11.3. The number of hydrogen-bond donors (Lipinski definition) is 0. The lowest BCUT2D eigenvalue weighted by Gasteiger charge is -2.29. The molecule has 0 N–H and O–H groups in total. The number of furan rings is 1. The fourth-order valence-electron chi connectivity index (χ4n) is 8.75. The molecule has 0 aliphatic heterocycles. The van der Waals surface area contributed by atoms with Crippen molar-refractivity contribution in [3.05, 3.63) is 237 Å². The highest BCUT2D eigenvalue weighted by atomic mass is 16.3. The molecule has 0 bridgehead atoms. The Hall–Kier alpha value is -7.94. The monoisotopic (exact) mass is 765 g/mol. The number of para-hydroxylation sites is 1. The Labute approximate surface area is 349 Å². The van der Waals surface area contributed by atoms with Gasteiger partial charge in [0.2, 0.25) is 0 Å². The molecule has 0 aliphatic rings. The van der Waals surface area contributed by atoms with Crippen LogP contribution in [0.5, 0.6) is 0 Å². The van der Waals surface area contributed by atoms with E-state index in [-0.39, 0.29) is 0 Å². The summed E-state index contributed by atoms with van der Waals surface area (Å²) in [5.74, 6) is 0. The third kappa shape index (κ3) is 6.41. The van der Waals surface area contributed by atoms with E-state index in [4.69, 9.17) is 4.42 Å². The van der Waals surface area contributed by atoms with Crippen LogP contribution in [-0.4, -0.2) is 0 Å². The summed E-state index contributed by atoms with van der Waals surface area (Å²) in [5, 5.41) is 4.51. The van der Waals surface area contributed by atoms with E-state index in [1.54, 1.807) is 0 Å². The van der Waals surface area contributed by atoms with Crippen LogP contribution in [0.25, 0.3) is 88.3 Å². The summed E-state index contributed by atoms with van der Waals surface area (Å²) in [5.41, 5.74) is 16.6. The molecule has 0 unspecified atom stereocenters. The van der Waals surface area contributed by atoms with Crippen LogP contribution in [0.2, 0.25) is 0 Å². The van der Waals surface area contributed by atoms with Gasteiger partial charge < -0.3 is 9.32 Å². The van der Waals surface area contributed by atoms with E-state index in [0.717, 1.165) is 72.2 Å². The van der Waals surface area contributed by atoms with Crippen LogP contribution in [0.15, 0.2) is 241 Å². The standard InChI is InChI=1S/C58H39NO/c1-4-16-40(17-5-1)45-23-14-24-46(36-45)43-30-33-49(34-31-43)59(50-38-47(41-18-6-2-7-19-41)37-48(39-50)42-20-8-3-9-21-42)55-28-13-12-26-52(55)53-27-15-29-56-57(53)54-35-32-44-22-10-11-25-51(44)58(54)60-56/h1-39H. The Kier molecular flexibility index (Phi) is 8.87. The number of nitrogens with zero attached hydrogens (tertiary/aromatic N) is 1. The van der Waals surface area contributed by atoms with Crippen LogP contribution >= 0.6 is 0 Å². The van der Waals surface area contributed by atoms with Crippen LogP contribution in [0.3, 0.4) is 0 Å². The van der Waals surface area contributed by atoms with Gasteiger partial charge in [-0.1, -0.05) is 182 Å². The van der Waals surface area contributed by atoms with Gasteiger partial charge in [-0.2, -0.15) is 0 Å². The van der Waals surface area contributed by atoms with Crippen LogP contribution in [0.1, 0.15) is 0 Å². The fraction of sp³-hybridized carbons (Fsp3) is 0. The highest BCUT2D eigenvalue weighted by Crippen LogP contribution is 2.47. The number of fused-ring (bicyclic) bond motifs is 5. The third-order valence-corrected chi connectivity index (χ3v) is 11.6. The third-order valence-electron chi connectivity index (χ3n) is 11.6. The van der Waals surface area contributed by atoms with Crippen molar-refractivity contribution in [2.24, 2.45) is 0 Å². The molecule has 0 atom stereocenters. The van der Waals surface area contributed by atoms with E-state index in [1.165, 1.54) is 33.2 Å². The summed E-state index contributed by atoms with van der Waals surface area (Å²) in [6.45, 7) is 0. The van der Waals surface area contributed by atoms with Gasteiger partial charge in [-0.3, -0.25) is 0 Å². The van der Waals surface area contributed by atoms with Crippen molar-refractivity contribution < 1.29 is 4.42 Å². The van der Waals surface area contributed by atoms with Crippen molar-refractivity contribution in [2.75, 3.05) is 4.90 Å². The maximum Gasteiger partial charge on any atom is 0.143 e. The summed E-state index contributed by atoms with van der Waals surface area (Å²) in [7, 11) is 0. The van der Waals surface area contributed by atoms with Crippen LogP contribution in [0.4, 0.5) is 17.1 Å². The Balaban J connectivity index is 1.13. The van der Waals surface area contributed by atoms with Crippen molar-refractivity contribution in [3.63, 3.8) is 0 Å². The predicted molar refractivity (Wildman–Crippen MR) is 253 cm³/mol. The molecule has 60 heavy (non-hydrogen) atoms. The first-order chi connectivity index (χ1) is 29.7. The van der Waals surface area contributed by atoms with E-state index in [1.807, 2.05) is 0 Å². The van der Waals surface area contributed by atoms with Crippen LogP contribution < -0.4 is 4.90 Å². The smallest absolute Gasteiger partial charge is 0.143 e.